The van der Waals surface area contributed by atoms with E-state index in [0.29, 0.717) is 19.0 Å². The summed E-state index contributed by atoms with van der Waals surface area (Å²) < 4.78 is 20.3. The fraction of sp³-hybridized carbons (Fsp3) is 0.526. The summed E-state index contributed by atoms with van der Waals surface area (Å²) in [5.74, 6) is 2.16. The summed E-state index contributed by atoms with van der Waals surface area (Å²) in [6.07, 6.45) is 1.68. The second kappa shape index (κ2) is 13.4. The number of guanidine groups is 1. The topological polar surface area (TPSA) is 76.4 Å². The Kier molecular flexibility index (Phi) is 11.7. The van der Waals surface area contributed by atoms with Gasteiger partial charge in [-0.3, -0.25) is 0 Å². The van der Waals surface area contributed by atoms with Crippen LogP contribution in [0.5, 0.6) is 0 Å². The third-order valence-corrected chi connectivity index (χ3v) is 4.14. The van der Waals surface area contributed by atoms with Crippen LogP contribution in [-0.2, 0) is 24.8 Å². The van der Waals surface area contributed by atoms with Gasteiger partial charge in [0.05, 0.1) is 0 Å². The van der Waals surface area contributed by atoms with Crippen molar-refractivity contribution in [1.82, 2.24) is 25.4 Å². The van der Waals surface area contributed by atoms with Gasteiger partial charge in [0.25, 0.3) is 0 Å². The van der Waals surface area contributed by atoms with Crippen molar-refractivity contribution in [3.8, 4) is 0 Å². The number of ether oxygens (including phenoxy) is 1. The van der Waals surface area contributed by atoms with E-state index in [4.69, 9.17) is 4.74 Å². The quantitative estimate of drug-likeness (QED) is 0.225. The van der Waals surface area contributed by atoms with Gasteiger partial charge in [-0.2, -0.15) is 0 Å². The van der Waals surface area contributed by atoms with Gasteiger partial charge in [0.15, 0.2) is 11.8 Å². The van der Waals surface area contributed by atoms with Gasteiger partial charge >= 0.3 is 0 Å². The molecule has 0 fully saturated rings. The van der Waals surface area contributed by atoms with Crippen molar-refractivity contribution in [3.63, 3.8) is 0 Å². The number of rotatable bonds is 10. The van der Waals surface area contributed by atoms with Gasteiger partial charge in [-0.05, 0) is 44.4 Å². The number of hydrogen-bond donors (Lipinski definition) is 2. The molecule has 2 rings (SSSR count). The Morgan fingerprint density at radius 3 is 2.54 bits per heavy atom. The largest absolute Gasteiger partial charge is 0.382 e. The zero-order valence-corrected chi connectivity index (χ0v) is 19.1. The van der Waals surface area contributed by atoms with Crippen molar-refractivity contribution >= 4 is 29.9 Å². The maximum absolute atomic E-state index is 13.0. The van der Waals surface area contributed by atoms with E-state index >= 15 is 0 Å². The maximum atomic E-state index is 13.0. The summed E-state index contributed by atoms with van der Waals surface area (Å²) in [6.45, 7) is 7.24. The van der Waals surface area contributed by atoms with Crippen LogP contribution in [0, 0.1) is 12.7 Å². The fourth-order valence-electron chi connectivity index (χ4n) is 2.41. The molecule has 0 saturated heterocycles. The number of nitrogens with one attached hydrogen (secondary N) is 2. The number of benzene rings is 1. The second-order valence-corrected chi connectivity index (χ2v) is 6.17. The SMILES string of the molecule is CCOCCCNC(=NCc1nnc(C)n1C)NCCc1ccc(F)cc1.I. The Morgan fingerprint density at radius 1 is 1.18 bits per heavy atom. The lowest BCUT2D eigenvalue weighted by Gasteiger charge is -2.13. The van der Waals surface area contributed by atoms with Gasteiger partial charge in [-0.1, -0.05) is 12.1 Å². The molecule has 0 bridgehead atoms. The molecule has 0 radical (unpaired) electrons. The van der Waals surface area contributed by atoms with Crippen LogP contribution in [0.3, 0.4) is 0 Å². The van der Waals surface area contributed by atoms with Crippen LogP contribution in [0.1, 0.15) is 30.6 Å². The van der Waals surface area contributed by atoms with Crippen LogP contribution in [0.4, 0.5) is 4.39 Å². The predicted octanol–water partition coefficient (Wildman–Crippen LogP) is 2.59. The summed E-state index contributed by atoms with van der Waals surface area (Å²) in [6, 6.07) is 6.55. The zero-order valence-electron chi connectivity index (χ0n) is 16.7. The van der Waals surface area contributed by atoms with Gasteiger partial charge in [0, 0.05) is 33.4 Å². The van der Waals surface area contributed by atoms with Crippen molar-refractivity contribution in [3.05, 3.63) is 47.3 Å². The Balaban J connectivity index is 0.00000392. The van der Waals surface area contributed by atoms with Crippen molar-refractivity contribution < 1.29 is 9.13 Å². The number of aryl methyl sites for hydroxylation is 1. The fourth-order valence-corrected chi connectivity index (χ4v) is 2.41. The molecular weight excluding hydrogens is 474 g/mol. The molecule has 28 heavy (non-hydrogen) atoms. The molecule has 1 aromatic heterocycles. The standard InChI is InChI=1S/C19H29FN6O.HI/c1-4-27-13-5-11-21-19(23-14-18-25-24-15(2)26(18)3)22-12-10-16-6-8-17(20)9-7-16;/h6-9H,4-5,10-14H2,1-3H3,(H2,21,22,23);1H. The Labute approximate surface area is 183 Å². The Hall–Kier alpha value is -1.75. The molecule has 2 aromatic rings. The third kappa shape index (κ3) is 8.51. The molecule has 0 aliphatic heterocycles. The lowest BCUT2D eigenvalue weighted by atomic mass is 10.1. The highest BCUT2D eigenvalue weighted by Gasteiger charge is 2.05. The van der Waals surface area contributed by atoms with E-state index in [1.165, 1.54) is 12.1 Å². The average molecular weight is 504 g/mol. The molecule has 0 aliphatic rings. The highest BCUT2D eigenvalue weighted by atomic mass is 127. The number of nitrogens with zero attached hydrogens (tertiary/aromatic N) is 4. The van der Waals surface area contributed by atoms with Crippen molar-refractivity contribution in [2.75, 3.05) is 26.3 Å². The monoisotopic (exact) mass is 504 g/mol. The average Bonchev–Trinajstić information content (AvgIpc) is 2.99. The molecule has 9 heteroatoms. The van der Waals surface area contributed by atoms with Gasteiger partial charge in [-0.15, -0.1) is 34.2 Å². The van der Waals surface area contributed by atoms with E-state index in [0.717, 1.165) is 49.8 Å². The molecule has 1 heterocycles. The predicted molar refractivity (Wildman–Crippen MR) is 120 cm³/mol. The molecule has 156 valence electrons. The van der Waals surface area contributed by atoms with Gasteiger partial charge < -0.3 is 19.9 Å². The second-order valence-electron chi connectivity index (χ2n) is 6.17. The number of aromatic nitrogens is 3. The molecule has 1 aromatic carbocycles. The first kappa shape index (κ1) is 24.3. The van der Waals surface area contributed by atoms with E-state index in [-0.39, 0.29) is 29.8 Å². The van der Waals surface area contributed by atoms with Crippen LogP contribution < -0.4 is 10.6 Å². The molecule has 0 atom stereocenters. The molecule has 0 saturated carbocycles. The minimum atomic E-state index is -0.219. The Morgan fingerprint density at radius 2 is 1.89 bits per heavy atom. The molecule has 0 unspecified atom stereocenters. The minimum absolute atomic E-state index is 0. The lowest BCUT2D eigenvalue weighted by Crippen LogP contribution is -2.39. The van der Waals surface area contributed by atoms with E-state index in [2.05, 4.69) is 25.8 Å². The molecular formula is C19H30FIN6O. The van der Waals surface area contributed by atoms with E-state index in [1.54, 1.807) is 12.1 Å². The molecule has 0 amide bonds. The molecule has 0 spiro atoms. The zero-order chi connectivity index (χ0) is 19.5. The van der Waals surface area contributed by atoms with Crippen molar-refractivity contribution in [2.24, 2.45) is 12.0 Å². The highest BCUT2D eigenvalue weighted by molar-refractivity contribution is 14.0. The molecule has 2 N–H and O–H groups in total. The summed E-state index contributed by atoms with van der Waals surface area (Å²) in [4.78, 5) is 4.60. The lowest BCUT2D eigenvalue weighted by molar-refractivity contribution is 0.145. The molecule has 7 nitrogen and oxygen atoms in total. The highest BCUT2D eigenvalue weighted by Crippen LogP contribution is 2.03. The number of aliphatic imine (C=N–C) groups is 1. The van der Waals surface area contributed by atoms with Gasteiger partial charge in [-0.25, -0.2) is 9.38 Å². The third-order valence-electron chi connectivity index (χ3n) is 4.14. The van der Waals surface area contributed by atoms with Gasteiger partial charge in [0.1, 0.15) is 18.2 Å². The maximum Gasteiger partial charge on any atom is 0.191 e. The first-order valence-electron chi connectivity index (χ1n) is 9.29. The minimum Gasteiger partial charge on any atom is -0.382 e. The summed E-state index contributed by atoms with van der Waals surface area (Å²) in [7, 11) is 1.93. The summed E-state index contributed by atoms with van der Waals surface area (Å²) in [5, 5.41) is 14.8. The van der Waals surface area contributed by atoms with Crippen molar-refractivity contribution in [1.29, 1.82) is 0 Å². The number of hydrogen-bond acceptors (Lipinski definition) is 4. The van der Waals surface area contributed by atoms with Crippen LogP contribution >= 0.6 is 24.0 Å². The smallest absolute Gasteiger partial charge is 0.191 e. The van der Waals surface area contributed by atoms with E-state index < -0.39 is 0 Å². The van der Waals surface area contributed by atoms with Gasteiger partial charge in [0.2, 0.25) is 0 Å². The van der Waals surface area contributed by atoms with Crippen LogP contribution in [0.2, 0.25) is 0 Å². The van der Waals surface area contributed by atoms with Crippen LogP contribution in [0.15, 0.2) is 29.3 Å². The van der Waals surface area contributed by atoms with E-state index in [1.807, 2.05) is 25.5 Å². The van der Waals surface area contributed by atoms with Crippen molar-refractivity contribution in [2.45, 2.75) is 33.2 Å². The number of halogens is 2. The normalized spacial score (nSPS) is 11.2. The first-order valence-corrected chi connectivity index (χ1v) is 9.29. The summed E-state index contributed by atoms with van der Waals surface area (Å²) >= 11 is 0. The van der Waals surface area contributed by atoms with Crippen LogP contribution in [0.25, 0.3) is 0 Å². The molecule has 0 aliphatic carbocycles. The Bertz CT molecular complexity index is 720. The first-order chi connectivity index (χ1) is 13.1. The van der Waals surface area contributed by atoms with E-state index in [9.17, 15) is 4.39 Å². The summed E-state index contributed by atoms with van der Waals surface area (Å²) in [5.41, 5.74) is 1.07. The van der Waals surface area contributed by atoms with Crippen LogP contribution in [-0.4, -0.2) is 47.0 Å².